The SMILES string of the molecule is C1=Cc2c(n(-c3c(-c4ccccc4)cccc3-c3ccccc3)c3ccc(Oc4ccc5c(c4)c4ccccc4n5-c4ccc5c(c4)c4ccccc4n5-c4ccccc4)cc23)CC1. The third-order valence-electron chi connectivity index (χ3n) is 13.1. The van der Waals surface area contributed by atoms with Crippen molar-refractivity contribution in [2.75, 3.05) is 0 Å². The lowest BCUT2D eigenvalue weighted by Crippen LogP contribution is -2.06. The predicted molar refractivity (Wildman–Crippen MR) is 267 cm³/mol. The van der Waals surface area contributed by atoms with Gasteiger partial charge in [0.15, 0.2) is 0 Å². The van der Waals surface area contributed by atoms with E-state index in [2.05, 4.69) is 238 Å². The number of para-hydroxylation sites is 4. The van der Waals surface area contributed by atoms with Crippen molar-refractivity contribution in [1.29, 1.82) is 0 Å². The van der Waals surface area contributed by atoms with Crippen molar-refractivity contribution in [2.24, 2.45) is 0 Å². The quantitative estimate of drug-likeness (QED) is 0.157. The van der Waals surface area contributed by atoms with Crippen LogP contribution in [0.1, 0.15) is 17.7 Å². The molecule has 4 nitrogen and oxygen atoms in total. The van der Waals surface area contributed by atoms with E-state index >= 15 is 0 Å². The zero-order valence-electron chi connectivity index (χ0n) is 35.0. The highest BCUT2D eigenvalue weighted by Crippen LogP contribution is 2.44. The number of aromatic nitrogens is 3. The average molecular weight is 820 g/mol. The van der Waals surface area contributed by atoms with Crippen LogP contribution >= 0.6 is 0 Å². The standard InChI is InChI=1S/C60H41N3O/c1-4-17-40(18-5-1)46-26-16-27-47(41-19-6-2-7-20-41)60(46)63-56-30-15-12-25-50(56)53-39-45(33-36-59(53)63)64-44-32-35-58-52(38-44)49-24-11-14-29-55(49)62(58)43-31-34-57-51(37-43)48-23-10-13-28-54(48)61(57)42-21-8-3-9-22-42/h1-14,16-29,31-39H,15,30H2. The molecule has 0 radical (unpaired) electrons. The molecule has 1 aliphatic rings. The van der Waals surface area contributed by atoms with Crippen molar-refractivity contribution in [3.63, 3.8) is 0 Å². The fourth-order valence-electron chi connectivity index (χ4n) is 10.4. The Morgan fingerprint density at radius 2 is 0.859 bits per heavy atom. The maximum absolute atomic E-state index is 6.86. The first-order valence-electron chi connectivity index (χ1n) is 22.1. The van der Waals surface area contributed by atoms with Gasteiger partial charge in [-0.1, -0.05) is 146 Å². The maximum atomic E-state index is 6.86. The second-order valence-corrected chi connectivity index (χ2v) is 16.8. The topological polar surface area (TPSA) is 24.0 Å². The number of fused-ring (bicyclic) bond motifs is 9. The first kappa shape index (κ1) is 36.3. The summed E-state index contributed by atoms with van der Waals surface area (Å²) in [5, 5.41) is 5.99. The van der Waals surface area contributed by atoms with Gasteiger partial charge in [-0.15, -0.1) is 0 Å². The van der Waals surface area contributed by atoms with E-state index in [0.29, 0.717) is 0 Å². The van der Waals surface area contributed by atoms with Crippen LogP contribution in [0.2, 0.25) is 0 Å². The Morgan fingerprint density at radius 1 is 0.359 bits per heavy atom. The summed E-state index contributed by atoms with van der Waals surface area (Å²) in [6.45, 7) is 0. The van der Waals surface area contributed by atoms with Crippen molar-refractivity contribution in [1.82, 2.24) is 13.7 Å². The number of hydrogen-bond donors (Lipinski definition) is 0. The second-order valence-electron chi connectivity index (χ2n) is 16.8. The van der Waals surface area contributed by atoms with Crippen LogP contribution < -0.4 is 4.74 Å². The molecule has 0 unspecified atom stereocenters. The molecule has 0 aliphatic heterocycles. The van der Waals surface area contributed by atoms with Crippen LogP contribution in [0, 0.1) is 0 Å². The first-order chi connectivity index (χ1) is 31.8. The van der Waals surface area contributed by atoms with E-state index in [4.69, 9.17) is 4.74 Å². The van der Waals surface area contributed by atoms with Gasteiger partial charge in [-0.25, -0.2) is 0 Å². The van der Waals surface area contributed by atoms with Gasteiger partial charge in [0.1, 0.15) is 11.5 Å². The average Bonchev–Trinajstić information content (AvgIpc) is 3.99. The molecule has 4 heteroatoms. The van der Waals surface area contributed by atoms with Gasteiger partial charge in [-0.3, -0.25) is 0 Å². The van der Waals surface area contributed by atoms with Crippen LogP contribution in [0.15, 0.2) is 218 Å². The summed E-state index contributed by atoms with van der Waals surface area (Å²) in [5.41, 5.74) is 16.8. The van der Waals surface area contributed by atoms with Gasteiger partial charge in [-0.2, -0.15) is 0 Å². The van der Waals surface area contributed by atoms with Crippen molar-refractivity contribution >= 4 is 60.6 Å². The lowest BCUT2D eigenvalue weighted by molar-refractivity contribution is 0.484. The van der Waals surface area contributed by atoms with Gasteiger partial charge < -0.3 is 18.4 Å². The smallest absolute Gasteiger partial charge is 0.128 e. The maximum Gasteiger partial charge on any atom is 0.128 e. The van der Waals surface area contributed by atoms with Gasteiger partial charge in [0.25, 0.3) is 0 Å². The van der Waals surface area contributed by atoms with E-state index in [1.807, 2.05) is 0 Å². The van der Waals surface area contributed by atoms with Gasteiger partial charge in [-0.05, 0) is 103 Å². The molecule has 0 atom stereocenters. The van der Waals surface area contributed by atoms with Crippen molar-refractivity contribution in [2.45, 2.75) is 12.8 Å². The van der Waals surface area contributed by atoms with Crippen LogP contribution in [0.25, 0.3) is 99.9 Å². The second kappa shape index (κ2) is 14.6. The molecule has 0 bridgehead atoms. The third kappa shape index (κ3) is 5.69. The molecule has 3 aromatic heterocycles. The molecule has 1 aliphatic carbocycles. The number of benzene rings is 9. The Hall–Kier alpha value is -8.34. The highest BCUT2D eigenvalue weighted by molar-refractivity contribution is 6.12. The molecular formula is C60H41N3O. The summed E-state index contributed by atoms with van der Waals surface area (Å²) in [5.74, 6) is 1.62. The van der Waals surface area contributed by atoms with Gasteiger partial charge in [0.2, 0.25) is 0 Å². The third-order valence-corrected chi connectivity index (χ3v) is 13.1. The van der Waals surface area contributed by atoms with Crippen molar-refractivity contribution in [3.8, 4) is 50.8 Å². The molecule has 302 valence electrons. The lowest BCUT2D eigenvalue weighted by atomic mass is 9.95. The normalized spacial score (nSPS) is 12.5. The Bertz CT molecular complexity index is 3740. The van der Waals surface area contributed by atoms with E-state index < -0.39 is 0 Å². The molecule has 3 heterocycles. The number of hydrogen-bond acceptors (Lipinski definition) is 1. The molecule has 13 rings (SSSR count). The van der Waals surface area contributed by atoms with Crippen LogP contribution in [-0.2, 0) is 6.42 Å². The molecule has 64 heavy (non-hydrogen) atoms. The molecule has 0 saturated heterocycles. The minimum atomic E-state index is 0.806. The van der Waals surface area contributed by atoms with Gasteiger partial charge in [0.05, 0.1) is 33.3 Å². The van der Waals surface area contributed by atoms with E-state index in [1.165, 1.54) is 77.3 Å². The molecule has 9 aromatic carbocycles. The number of allylic oxidation sites excluding steroid dienone is 1. The predicted octanol–water partition coefficient (Wildman–Crippen LogP) is 15.9. The summed E-state index contributed by atoms with van der Waals surface area (Å²) in [6.07, 6.45) is 6.58. The monoisotopic (exact) mass is 819 g/mol. The minimum absolute atomic E-state index is 0.806. The lowest BCUT2D eigenvalue weighted by Gasteiger charge is -2.21. The molecule has 0 saturated carbocycles. The first-order valence-corrected chi connectivity index (χ1v) is 22.1. The molecule has 0 amide bonds. The molecular weight excluding hydrogens is 779 g/mol. The number of nitrogens with zero attached hydrogens (tertiary/aromatic N) is 3. The zero-order chi connectivity index (χ0) is 42.1. The highest BCUT2D eigenvalue weighted by Gasteiger charge is 2.24. The van der Waals surface area contributed by atoms with Crippen LogP contribution in [0.5, 0.6) is 11.5 Å². The Balaban J connectivity index is 0.931. The summed E-state index contributed by atoms with van der Waals surface area (Å²) < 4.78 is 14.1. The Morgan fingerprint density at radius 3 is 1.50 bits per heavy atom. The van der Waals surface area contributed by atoms with Crippen LogP contribution in [-0.4, -0.2) is 13.7 Å². The molecule has 0 N–H and O–H groups in total. The molecule has 0 spiro atoms. The molecule has 12 aromatic rings. The zero-order valence-corrected chi connectivity index (χ0v) is 35.0. The number of rotatable bonds is 7. The summed E-state index contributed by atoms with van der Waals surface area (Å²) in [7, 11) is 0. The van der Waals surface area contributed by atoms with Crippen LogP contribution in [0.3, 0.4) is 0 Å². The number of ether oxygens (including phenoxy) is 1. The van der Waals surface area contributed by atoms with Crippen molar-refractivity contribution < 1.29 is 4.74 Å². The van der Waals surface area contributed by atoms with Crippen LogP contribution in [0.4, 0.5) is 0 Å². The van der Waals surface area contributed by atoms with E-state index in [1.54, 1.807) is 0 Å². The fourth-order valence-corrected chi connectivity index (χ4v) is 10.4. The van der Waals surface area contributed by atoms with Gasteiger partial charge >= 0.3 is 0 Å². The minimum Gasteiger partial charge on any atom is -0.457 e. The summed E-state index contributed by atoms with van der Waals surface area (Å²) in [4.78, 5) is 0. The summed E-state index contributed by atoms with van der Waals surface area (Å²) >= 11 is 0. The highest BCUT2D eigenvalue weighted by atomic mass is 16.5. The van der Waals surface area contributed by atoms with Crippen molar-refractivity contribution in [3.05, 3.63) is 230 Å². The van der Waals surface area contributed by atoms with Gasteiger partial charge in [0, 0.05) is 60.7 Å². The molecule has 0 fully saturated rings. The Labute approximate surface area is 370 Å². The largest absolute Gasteiger partial charge is 0.457 e. The van der Waals surface area contributed by atoms with E-state index in [9.17, 15) is 0 Å². The fraction of sp³-hybridized carbons (Fsp3) is 0.0333. The summed E-state index contributed by atoms with van der Waals surface area (Å²) in [6, 6.07) is 76.4. The van der Waals surface area contributed by atoms with E-state index in [0.717, 1.165) is 52.1 Å². The Kier molecular flexibility index (Phi) is 8.31. The van der Waals surface area contributed by atoms with E-state index in [-0.39, 0.29) is 0 Å².